The summed E-state index contributed by atoms with van der Waals surface area (Å²) in [7, 11) is 4.96. The van der Waals surface area contributed by atoms with Crippen LogP contribution in [-0.2, 0) is 0 Å². The van der Waals surface area contributed by atoms with Gasteiger partial charge >= 0.3 is 0 Å². The van der Waals surface area contributed by atoms with Crippen molar-refractivity contribution in [1.29, 1.82) is 0 Å². The molecule has 2 rings (SSSR count). The molecule has 1 aliphatic carbocycles. The molecule has 0 saturated carbocycles. The van der Waals surface area contributed by atoms with Crippen LogP contribution in [0.4, 0.5) is 0 Å². The van der Waals surface area contributed by atoms with Gasteiger partial charge in [0, 0.05) is 11.6 Å². The third kappa shape index (κ3) is 2.23. The average Bonchev–Trinajstić information content (AvgIpc) is 2.90. The van der Waals surface area contributed by atoms with E-state index in [1.165, 1.54) is 12.0 Å². The van der Waals surface area contributed by atoms with Crippen LogP contribution >= 0.6 is 0 Å². The average molecular weight is 234 g/mol. The molecule has 0 aliphatic heterocycles. The molecule has 1 aliphatic rings. The molecule has 0 aromatic heterocycles. The first-order valence-electron chi connectivity index (χ1n) is 5.79. The van der Waals surface area contributed by atoms with Gasteiger partial charge in [0.2, 0.25) is 0 Å². The highest BCUT2D eigenvalue weighted by atomic mass is 16.5. The van der Waals surface area contributed by atoms with Gasteiger partial charge in [0.25, 0.3) is 0 Å². The van der Waals surface area contributed by atoms with Crippen LogP contribution in [0.25, 0.3) is 5.57 Å². The first kappa shape index (κ1) is 11.8. The molecule has 1 aromatic carbocycles. The Labute approximate surface area is 102 Å². The molecule has 1 aromatic rings. The molecule has 92 valence electrons. The summed E-state index contributed by atoms with van der Waals surface area (Å²) in [6, 6.07) is 3.88. The summed E-state index contributed by atoms with van der Waals surface area (Å²) in [4.78, 5) is 0. The summed E-state index contributed by atoms with van der Waals surface area (Å²) in [5, 5.41) is 0. The number of rotatable bonds is 4. The molecule has 0 fully saturated rings. The van der Waals surface area contributed by atoms with Crippen molar-refractivity contribution in [2.45, 2.75) is 19.3 Å². The lowest BCUT2D eigenvalue weighted by Crippen LogP contribution is -1.96. The van der Waals surface area contributed by atoms with Crippen LogP contribution in [0.5, 0.6) is 17.2 Å². The molecule has 3 nitrogen and oxygen atoms in total. The van der Waals surface area contributed by atoms with Crippen LogP contribution in [0.2, 0.25) is 0 Å². The monoisotopic (exact) mass is 234 g/mol. The zero-order chi connectivity index (χ0) is 12.3. The van der Waals surface area contributed by atoms with Crippen molar-refractivity contribution in [3.63, 3.8) is 0 Å². The Kier molecular flexibility index (Phi) is 3.57. The predicted molar refractivity (Wildman–Crippen MR) is 67.9 cm³/mol. The molecule has 17 heavy (non-hydrogen) atoms. The summed E-state index contributed by atoms with van der Waals surface area (Å²) in [6.07, 6.45) is 5.73. The highest BCUT2D eigenvalue weighted by Crippen LogP contribution is 2.40. The summed E-state index contributed by atoms with van der Waals surface area (Å²) in [5.41, 5.74) is 2.45. The summed E-state index contributed by atoms with van der Waals surface area (Å²) < 4.78 is 16.0. The van der Waals surface area contributed by atoms with Gasteiger partial charge in [-0.05, 0) is 30.9 Å². The first-order valence-corrected chi connectivity index (χ1v) is 5.79. The van der Waals surface area contributed by atoms with Gasteiger partial charge in [0.15, 0.2) is 11.5 Å². The van der Waals surface area contributed by atoms with Crippen LogP contribution in [0, 0.1) is 0 Å². The second-order valence-corrected chi connectivity index (χ2v) is 4.03. The maximum absolute atomic E-state index is 5.42. The molecule has 0 radical (unpaired) electrons. The second kappa shape index (κ2) is 5.13. The Bertz CT molecular complexity index is 435. The molecule has 0 unspecified atom stereocenters. The highest BCUT2D eigenvalue weighted by Gasteiger charge is 2.16. The zero-order valence-electron chi connectivity index (χ0n) is 10.6. The van der Waals surface area contributed by atoms with E-state index in [1.54, 1.807) is 21.3 Å². The number of methoxy groups -OCH3 is 3. The molecule has 0 heterocycles. The predicted octanol–water partition coefficient (Wildman–Crippen LogP) is 3.28. The van der Waals surface area contributed by atoms with Crippen LogP contribution in [0.15, 0.2) is 18.2 Å². The van der Waals surface area contributed by atoms with Crippen molar-refractivity contribution in [3.05, 3.63) is 23.8 Å². The van der Waals surface area contributed by atoms with Crippen LogP contribution in [0.3, 0.4) is 0 Å². The Balaban J connectivity index is 2.49. The second-order valence-electron chi connectivity index (χ2n) is 4.03. The van der Waals surface area contributed by atoms with E-state index in [1.807, 2.05) is 12.1 Å². The van der Waals surface area contributed by atoms with Crippen molar-refractivity contribution < 1.29 is 14.2 Å². The summed E-state index contributed by atoms with van der Waals surface area (Å²) >= 11 is 0. The fraction of sp³-hybridized carbons (Fsp3) is 0.429. The fourth-order valence-electron chi connectivity index (χ4n) is 2.20. The minimum atomic E-state index is 0.701. The summed E-state index contributed by atoms with van der Waals surface area (Å²) in [5.74, 6) is 2.29. The van der Waals surface area contributed by atoms with Gasteiger partial charge in [0.1, 0.15) is 5.75 Å². The van der Waals surface area contributed by atoms with Gasteiger partial charge in [-0.15, -0.1) is 0 Å². The largest absolute Gasteiger partial charge is 0.496 e. The lowest BCUT2D eigenvalue weighted by Gasteiger charge is -2.14. The third-order valence-electron chi connectivity index (χ3n) is 3.09. The van der Waals surface area contributed by atoms with E-state index in [0.717, 1.165) is 29.9 Å². The highest BCUT2D eigenvalue weighted by molar-refractivity contribution is 5.74. The van der Waals surface area contributed by atoms with Crippen molar-refractivity contribution in [2.75, 3.05) is 21.3 Å². The van der Waals surface area contributed by atoms with E-state index in [-0.39, 0.29) is 0 Å². The SMILES string of the molecule is COc1cc(OC)c(C2=CCCC2)cc1OC. The Morgan fingerprint density at radius 3 is 2.06 bits per heavy atom. The van der Waals surface area contributed by atoms with Crippen LogP contribution in [0.1, 0.15) is 24.8 Å². The molecule has 0 saturated heterocycles. The molecule has 0 N–H and O–H groups in total. The normalized spacial score (nSPS) is 14.4. The minimum Gasteiger partial charge on any atom is -0.496 e. The molecule has 0 bridgehead atoms. The van der Waals surface area contributed by atoms with Gasteiger partial charge in [-0.3, -0.25) is 0 Å². The van der Waals surface area contributed by atoms with E-state index < -0.39 is 0 Å². The molecule has 0 spiro atoms. The number of hydrogen-bond donors (Lipinski definition) is 0. The number of hydrogen-bond acceptors (Lipinski definition) is 3. The lowest BCUT2D eigenvalue weighted by atomic mass is 10.0. The third-order valence-corrected chi connectivity index (χ3v) is 3.09. The molecule has 0 atom stereocenters. The van der Waals surface area contributed by atoms with Crippen molar-refractivity contribution >= 4 is 5.57 Å². The van der Waals surface area contributed by atoms with Crippen LogP contribution in [-0.4, -0.2) is 21.3 Å². The first-order chi connectivity index (χ1) is 8.30. The molecule has 3 heteroatoms. The minimum absolute atomic E-state index is 0.701. The topological polar surface area (TPSA) is 27.7 Å². The Hall–Kier alpha value is -1.64. The zero-order valence-corrected chi connectivity index (χ0v) is 10.6. The van der Waals surface area contributed by atoms with Gasteiger partial charge in [-0.2, -0.15) is 0 Å². The summed E-state index contributed by atoms with van der Waals surface area (Å²) in [6.45, 7) is 0. The van der Waals surface area contributed by atoms with E-state index in [9.17, 15) is 0 Å². The van der Waals surface area contributed by atoms with E-state index in [2.05, 4.69) is 6.08 Å². The van der Waals surface area contributed by atoms with Gasteiger partial charge in [-0.1, -0.05) is 6.08 Å². The van der Waals surface area contributed by atoms with E-state index >= 15 is 0 Å². The number of allylic oxidation sites excluding steroid dienone is 2. The molecule has 0 amide bonds. The van der Waals surface area contributed by atoms with Crippen molar-refractivity contribution in [1.82, 2.24) is 0 Å². The van der Waals surface area contributed by atoms with Gasteiger partial charge in [0.05, 0.1) is 21.3 Å². The van der Waals surface area contributed by atoms with Crippen molar-refractivity contribution in [3.8, 4) is 17.2 Å². The lowest BCUT2D eigenvalue weighted by molar-refractivity contribution is 0.348. The number of benzene rings is 1. The fourth-order valence-corrected chi connectivity index (χ4v) is 2.20. The van der Waals surface area contributed by atoms with Crippen LogP contribution < -0.4 is 14.2 Å². The maximum atomic E-state index is 5.42. The van der Waals surface area contributed by atoms with Gasteiger partial charge < -0.3 is 14.2 Å². The quantitative estimate of drug-likeness (QED) is 0.800. The van der Waals surface area contributed by atoms with Gasteiger partial charge in [-0.25, -0.2) is 0 Å². The van der Waals surface area contributed by atoms with E-state index in [4.69, 9.17) is 14.2 Å². The van der Waals surface area contributed by atoms with Crippen molar-refractivity contribution in [2.24, 2.45) is 0 Å². The number of ether oxygens (including phenoxy) is 3. The standard InChI is InChI=1S/C14H18O3/c1-15-12-9-14(17-3)13(16-2)8-11(12)10-6-4-5-7-10/h6,8-9H,4-5,7H2,1-3H3. The van der Waals surface area contributed by atoms with E-state index in [0.29, 0.717) is 5.75 Å². The Morgan fingerprint density at radius 1 is 0.882 bits per heavy atom. The maximum Gasteiger partial charge on any atom is 0.164 e. The molecular formula is C14H18O3. The Morgan fingerprint density at radius 2 is 1.53 bits per heavy atom. The molecular weight excluding hydrogens is 216 g/mol. The smallest absolute Gasteiger partial charge is 0.164 e.